The Morgan fingerprint density at radius 1 is 1.12 bits per heavy atom. The number of aromatic nitrogens is 4. The minimum atomic E-state index is -0.113. The molecule has 2 saturated heterocycles. The van der Waals surface area contributed by atoms with Gasteiger partial charge in [0.15, 0.2) is 0 Å². The monoisotopic (exact) mass is 358 g/mol. The molecule has 0 aliphatic carbocycles. The summed E-state index contributed by atoms with van der Waals surface area (Å²) in [6.07, 6.45) is 4.40. The van der Waals surface area contributed by atoms with Crippen molar-refractivity contribution in [1.82, 2.24) is 30.2 Å². The Labute approximate surface area is 150 Å². The van der Waals surface area contributed by atoms with Gasteiger partial charge in [-0.05, 0) is 31.4 Å². The molecule has 0 spiro atoms. The van der Waals surface area contributed by atoms with E-state index < -0.39 is 0 Å². The highest BCUT2D eigenvalue weighted by molar-refractivity contribution is 5.93. The lowest BCUT2D eigenvalue weighted by molar-refractivity contribution is 0.0299. The van der Waals surface area contributed by atoms with Gasteiger partial charge in [0.2, 0.25) is 0 Å². The first-order valence-corrected chi connectivity index (χ1v) is 8.96. The minimum absolute atomic E-state index is 0.0807. The summed E-state index contributed by atoms with van der Waals surface area (Å²) < 4.78 is 5.29. The van der Waals surface area contributed by atoms with Crippen LogP contribution in [-0.2, 0) is 4.74 Å². The van der Waals surface area contributed by atoms with Crippen LogP contribution in [0.2, 0.25) is 0 Å². The Balaban J connectivity index is 1.53. The maximum absolute atomic E-state index is 12.8. The first-order chi connectivity index (χ1) is 12.7. The second-order valence-corrected chi connectivity index (χ2v) is 6.59. The zero-order chi connectivity index (χ0) is 17.9. The Hall–Kier alpha value is -2.68. The number of H-pyrrole nitrogens is 2. The summed E-state index contributed by atoms with van der Waals surface area (Å²) >= 11 is 0. The average Bonchev–Trinajstić information content (AvgIpc) is 3.40. The van der Waals surface area contributed by atoms with E-state index in [0.717, 1.165) is 25.0 Å². The molecule has 0 radical (unpaired) electrons. The molecule has 2 aliphatic rings. The molecule has 4 heterocycles. The van der Waals surface area contributed by atoms with Crippen molar-refractivity contribution in [2.24, 2.45) is 0 Å². The number of carbonyl (C=O) groups excluding carboxylic acids is 2. The molecule has 9 nitrogen and oxygen atoms in total. The third kappa shape index (κ3) is 3.22. The molecule has 0 saturated carbocycles. The van der Waals surface area contributed by atoms with Crippen molar-refractivity contribution in [3.63, 3.8) is 0 Å². The smallest absolute Gasteiger partial charge is 0.274 e. The van der Waals surface area contributed by atoms with Gasteiger partial charge in [0.05, 0.1) is 24.9 Å². The van der Waals surface area contributed by atoms with Crippen LogP contribution < -0.4 is 0 Å². The summed E-state index contributed by atoms with van der Waals surface area (Å²) in [7, 11) is 0. The van der Waals surface area contributed by atoms with E-state index in [9.17, 15) is 9.59 Å². The minimum Gasteiger partial charge on any atom is -0.378 e. The first-order valence-electron chi connectivity index (χ1n) is 8.96. The van der Waals surface area contributed by atoms with Crippen molar-refractivity contribution in [3.05, 3.63) is 35.4 Å². The van der Waals surface area contributed by atoms with Crippen molar-refractivity contribution in [2.45, 2.75) is 25.3 Å². The lowest BCUT2D eigenvalue weighted by Gasteiger charge is -2.34. The van der Waals surface area contributed by atoms with Crippen molar-refractivity contribution in [2.75, 3.05) is 32.8 Å². The van der Waals surface area contributed by atoms with Crippen molar-refractivity contribution in [1.29, 1.82) is 0 Å². The molecule has 0 aromatic carbocycles. The zero-order valence-electron chi connectivity index (χ0n) is 14.5. The summed E-state index contributed by atoms with van der Waals surface area (Å²) in [5.41, 5.74) is 1.66. The Morgan fingerprint density at radius 2 is 1.96 bits per heavy atom. The molecule has 26 heavy (non-hydrogen) atoms. The highest BCUT2D eigenvalue weighted by Gasteiger charge is 2.31. The van der Waals surface area contributed by atoms with E-state index in [4.69, 9.17) is 4.74 Å². The SMILES string of the molecule is O=C(c1cc([C@@H]2CCCCN2C(=O)c2ccn[nH]2)[nH]n1)N1CCOCC1. The van der Waals surface area contributed by atoms with E-state index in [1.54, 1.807) is 23.2 Å². The average molecular weight is 358 g/mol. The number of ether oxygens (including phenoxy) is 1. The van der Waals surface area contributed by atoms with Gasteiger partial charge in [0.1, 0.15) is 11.4 Å². The summed E-state index contributed by atoms with van der Waals surface area (Å²) in [5.74, 6) is -0.180. The molecule has 0 unspecified atom stereocenters. The van der Waals surface area contributed by atoms with Crippen molar-refractivity contribution < 1.29 is 14.3 Å². The van der Waals surface area contributed by atoms with Crippen LogP contribution in [-0.4, -0.2) is 74.9 Å². The van der Waals surface area contributed by atoms with Crippen LogP contribution in [0.15, 0.2) is 18.3 Å². The van der Waals surface area contributed by atoms with Crippen LogP contribution in [0.3, 0.4) is 0 Å². The topological polar surface area (TPSA) is 107 Å². The van der Waals surface area contributed by atoms with Gasteiger partial charge in [0, 0.05) is 25.8 Å². The van der Waals surface area contributed by atoms with E-state index in [1.165, 1.54) is 0 Å². The number of rotatable bonds is 3. The normalized spacial score (nSPS) is 21.0. The molecular weight excluding hydrogens is 336 g/mol. The molecule has 2 aliphatic heterocycles. The largest absolute Gasteiger partial charge is 0.378 e. The molecule has 9 heteroatoms. The summed E-state index contributed by atoms with van der Waals surface area (Å²) in [6, 6.07) is 3.34. The molecular formula is C17H22N6O3. The van der Waals surface area contributed by atoms with E-state index in [-0.39, 0.29) is 17.9 Å². The number of nitrogens with zero attached hydrogens (tertiary/aromatic N) is 4. The maximum atomic E-state index is 12.8. The molecule has 2 fully saturated rings. The van der Waals surface area contributed by atoms with Gasteiger partial charge in [-0.1, -0.05) is 0 Å². The molecule has 1 atom stereocenters. The third-order valence-corrected chi connectivity index (χ3v) is 4.97. The summed E-state index contributed by atoms with van der Waals surface area (Å²) in [5, 5.41) is 13.8. The summed E-state index contributed by atoms with van der Waals surface area (Å²) in [6.45, 7) is 2.94. The number of aromatic amines is 2. The number of piperidine rings is 1. The van der Waals surface area contributed by atoms with Crippen LogP contribution >= 0.6 is 0 Å². The predicted molar refractivity (Wildman–Crippen MR) is 91.5 cm³/mol. The van der Waals surface area contributed by atoms with Gasteiger partial charge < -0.3 is 14.5 Å². The van der Waals surface area contributed by atoms with Crippen LogP contribution in [0.5, 0.6) is 0 Å². The number of nitrogens with one attached hydrogen (secondary N) is 2. The van der Waals surface area contributed by atoms with Crippen molar-refractivity contribution in [3.8, 4) is 0 Å². The number of hydrogen-bond acceptors (Lipinski definition) is 5. The van der Waals surface area contributed by atoms with Gasteiger partial charge in [-0.2, -0.15) is 10.2 Å². The fourth-order valence-electron chi connectivity index (χ4n) is 3.57. The Bertz CT molecular complexity index is 765. The zero-order valence-corrected chi connectivity index (χ0v) is 14.5. The van der Waals surface area contributed by atoms with Gasteiger partial charge in [0.25, 0.3) is 11.8 Å². The fraction of sp³-hybridized carbons (Fsp3) is 0.529. The van der Waals surface area contributed by atoms with Gasteiger partial charge in [-0.3, -0.25) is 19.8 Å². The lowest BCUT2D eigenvalue weighted by Crippen LogP contribution is -2.40. The van der Waals surface area contributed by atoms with E-state index >= 15 is 0 Å². The molecule has 4 rings (SSSR count). The molecule has 2 N–H and O–H groups in total. The molecule has 138 valence electrons. The number of hydrogen-bond donors (Lipinski definition) is 2. The van der Waals surface area contributed by atoms with Crippen LogP contribution in [0.1, 0.15) is 52.0 Å². The van der Waals surface area contributed by atoms with Crippen LogP contribution in [0.25, 0.3) is 0 Å². The highest BCUT2D eigenvalue weighted by Crippen LogP contribution is 2.31. The number of likely N-dealkylation sites (tertiary alicyclic amines) is 1. The van der Waals surface area contributed by atoms with Gasteiger partial charge in [-0.25, -0.2) is 0 Å². The van der Waals surface area contributed by atoms with Gasteiger partial charge >= 0.3 is 0 Å². The lowest BCUT2D eigenvalue weighted by atomic mass is 9.98. The third-order valence-electron chi connectivity index (χ3n) is 4.97. The summed E-state index contributed by atoms with van der Waals surface area (Å²) in [4.78, 5) is 28.9. The fourth-order valence-corrected chi connectivity index (χ4v) is 3.57. The molecule has 2 amide bonds. The second-order valence-electron chi connectivity index (χ2n) is 6.59. The number of amides is 2. The van der Waals surface area contributed by atoms with Crippen LogP contribution in [0.4, 0.5) is 0 Å². The first kappa shape index (κ1) is 16.8. The predicted octanol–water partition coefficient (Wildman–Crippen LogP) is 0.973. The Kier molecular flexibility index (Phi) is 4.70. The Morgan fingerprint density at radius 3 is 2.73 bits per heavy atom. The van der Waals surface area contributed by atoms with E-state index in [2.05, 4.69) is 20.4 Å². The van der Waals surface area contributed by atoms with Crippen LogP contribution in [0, 0.1) is 0 Å². The maximum Gasteiger partial charge on any atom is 0.274 e. The van der Waals surface area contributed by atoms with E-state index in [0.29, 0.717) is 44.2 Å². The standard InChI is InChI=1S/C17H22N6O3/c24-16(22-7-9-26-10-8-22)14-11-13(20-21-14)15-3-1-2-6-23(15)17(25)12-4-5-18-19-12/h4-5,11,15H,1-3,6-10H2,(H,18,19)(H,20,21)/t15-/m0/s1. The number of carbonyl (C=O) groups is 2. The van der Waals surface area contributed by atoms with Crippen molar-refractivity contribution >= 4 is 11.8 Å². The number of morpholine rings is 1. The quantitative estimate of drug-likeness (QED) is 0.850. The molecule has 2 aromatic heterocycles. The second kappa shape index (κ2) is 7.28. The van der Waals surface area contributed by atoms with E-state index in [1.807, 2.05) is 4.90 Å². The highest BCUT2D eigenvalue weighted by atomic mass is 16.5. The van der Waals surface area contributed by atoms with Gasteiger partial charge in [-0.15, -0.1) is 0 Å². The molecule has 2 aromatic rings. The molecule has 0 bridgehead atoms.